The van der Waals surface area contributed by atoms with Crippen molar-refractivity contribution in [1.82, 2.24) is 14.9 Å². The highest BCUT2D eigenvalue weighted by Crippen LogP contribution is 2.13. The van der Waals surface area contributed by atoms with E-state index in [1.807, 2.05) is 32.2 Å². The minimum Gasteiger partial charge on any atom is -0.497 e. The second-order valence-corrected chi connectivity index (χ2v) is 4.98. The van der Waals surface area contributed by atoms with Gasteiger partial charge in [-0.2, -0.15) is 0 Å². The molecule has 3 N–H and O–H groups in total. The van der Waals surface area contributed by atoms with E-state index < -0.39 is 0 Å². The maximum atomic E-state index is 5.40. The molecule has 2 aromatic rings. The zero-order chi connectivity index (χ0) is 15.2. The third-order valence-corrected chi connectivity index (χ3v) is 3.07. The Kier molecular flexibility index (Phi) is 5.08. The predicted octanol–water partition coefficient (Wildman–Crippen LogP) is 1.71. The molecule has 0 radical (unpaired) electrons. The van der Waals surface area contributed by atoms with E-state index in [0.29, 0.717) is 12.4 Å². The maximum Gasteiger partial charge on any atom is 0.145 e. The zero-order valence-corrected chi connectivity index (χ0v) is 12.6. The summed E-state index contributed by atoms with van der Waals surface area (Å²) < 4.78 is 5.16. The maximum absolute atomic E-state index is 5.40. The van der Waals surface area contributed by atoms with Crippen molar-refractivity contribution < 1.29 is 4.74 Å². The molecule has 0 aliphatic carbocycles. The van der Waals surface area contributed by atoms with Crippen LogP contribution in [-0.2, 0) is 13.1 Å². The first-order valence-corrected chi connectivity index (χ1v) is 6.73. The fraction of sp³-hybridized carbons (Fsp3) is 0.333. The molecule has 0 atom stereocenters. The van der Waals surface area contributed by atoms with E-state index in [9.17, 15) is 0 Å². The lowest BCUT2D eigenvalue weighted by molar-refractivity contribution is 0.310. The number of hydrogen-bond donors (Lipinski definition) is 2. The number of nitrogens with two attached hydrogens (primary N) is 1. The largest absolute Gasteiger partial charge is 0.497 e. The lowest BCUT2D eigenvalue weighted by Gasteiger charge is -2.16. The zero-order valence-electron chi connectivity index (χ0n) is 12.6. The van der Waals surface area contributed by atoms with Crippen LogP contribution in [0.4, 0.5) is 5.82 Å². The van der Waals surface area contributed by atoms with Gasteiger partial charge in [-0.3, -0.25) is 4.90 Å². The molecule has 1 heterocycles. The first-order chi connectivity index (χ1) is 10.1. The third-order valence-electron chi connectivity index (χ3n) is 3.07. The molecule has 6 nitrogen and oxygen atoms in total. The van der Waals surface area contributed by atoms with Crippen LogP contribution >= 0.6 is 0 Å². The number of rotatable bonds is 6. The van der Waals surface area contributed by atoms with Crippen LogP contribution in [-0.4, -0.2) is 29.0 Å². The molecule has 2 rings (SSSR count). The van der Waals surface area contributed by atoms with Gasteiger partial charge in [-0.15, -0.1) is 0 Å². The van der Waals surface area contributed by atoms with Crippen molar-refractivity contribution in [3.63, 3.8) is 0 Å². The molecular formula is C15H21N5O. The van der Waals surface area contributed by atoms with Crippen molar-refractivity contribution in [3.05, 3.63) is 47.4 Å². The molecule has 0 aliphatic rings. The number of methoxy groups -OCH3 is 1. The Morgan fingerprint density at radius 2 is 1.90 bits per heavy atom. The van der Waals surface area contributed by atoms with Gasteiger partial charge in [0.25, 0.3) is 0 Å². The van der Waals surface area contributed by atoms with Gasteiger partial charge in [0.2, 0.25) is 0 Å². The number of ether oxygens (including phenoxy) is 1. The Labute approximate surface area is 124 Å². The molecule has 0 saturated heterocycles. The van der Waals surface area contributed by atoms with Gasteiger partial charge in [0.05, 0.1) is 13.7 Å². The number of anilines is 1. The molecule has 112 valence electrons. The first kappa shape index (κ1) is 15.2. The quantitative estimate of drug-likeness (QED) is 0.622. The first-order valence-electron chi connectivity index (χ1n) is 6.73. The SMILES string of the molecule is COc1ccc(CN(C)Cc2nc(C)cc(NN)n2)cc1. The fourth-order valence-corrected chi connectivity index (χ4v) is 2.11. The molecule has 0 unspecified atom stereocenters. The second kappa shape index (κ2) is 7.01. The topological polar surface area (TPSA) is 76.3 Å². The highest BCUT2D eigenvalue weighted by molar-refractivity contribution is 5.34. The standard InChI is InChI=1S/C15H21N5O/c1-11-8-14(19-16)18-15(17-11)10-20(2)9-12-4-6-13(21-3)7-5-12/h4-8H,9-10,16H2,1-3H3,(H,17,18,19). The Morgan fingerprint density at radius 1 is 1.19 bits per heavy atom. The predicted molar refractivity (Wildman–Crippen MR) is 82.7 cm³/mol. The molecular weight excluding hydrogens is 266 g/mol. The van der Waals surface area contributed by atoms with Crippen LogP contribution in [0.2, 0.25) is 0 Å². The van der Waals surface area contributed by atoms with Crippen molar-refractivity contribution in [2.75, 3.05) is 19.6 Å². The van der Waals surface area contributed by atoms with Crippen LogP contribution in [0.25, 0.3) is 0 Å². The van der Waals surface area contributed by atoms with Gasteiger partial charge in [-0.1, -0.05) is 12.1 Å². The van der Waals surface area contributed by atoms with E-state index in [4.69, 9.17) is 10.6 Å². The molecule has 6 heteroatoms. The van der Waals surface area contributed by atoms with Gasteiger partial charge in [0.1, 0.15) is 17.4 Å². The summed E-state index contributed by atoms with van der Waals surface area (Å²) in [5.41, 5.74) is 4.67. The number of aromatic nitrogens is 2. The Balaban J connectivity index is 2.00. The van der Waals surface area contributed by atoms with E-state index in [0.717, 1.165) is 23.8 Å². The summed E-state index contributed by atoms with van der Waals surface area (Å²) in [5, 5.41) is 0. The van der Waals surface area contributed by atoms with E-state index in [1.54, 1.807) is 7.11 Å². The van der Waals surface area contributed by atoms with Gasteiger partial charge >= 0.3 is 0 Å². The molecule has 0 saturated carbocycles. The summed E-state index contributed by atoms with van der Waals surface area (Å²) in [6.07, 6.45) is 0. The van der Waals surface area contributed by atoms with Gasteiger partial charge < -0.3 is 10.2 Å². The van der Waals surface area contributed by atoms with Gasteiger partial charge in [0, 0.05) is 18.3 Å². The van der Waals surface area contributed by atoms with E-state index in [1.165, 1.54) is 5.56 Å². The van der Waals surface area contributed by atoms with Gasteiger partial charge in [-0.05, 0) is 31.7 Å². The number of nitrogens with one attached hydrogen (secondary N) is 1. The summed E-state index contributed by atoms with van der Waals surface area (Å²) in [6.45, 7) is 3.39. The van der Waals surface area contributed by atoms with Crippen molar-refractivity contribution >= 4 is 5.82 Å². The smallest absolute Gasteiger partial charge is 0.145 e. The van der Waals surface area contributed by atoms with Crippen molar-refractivity contribution in [2.45, 2.75) is 20.0 Å². The van der Waals surface area contributed by atoms with Crippen LogP contribution in [0.3, 0.4) is 0 Å². The van der Waals surface area contributed by atoms with Gasteiger partial charge in [-0.25, -0.2) is 15.8 Å². The molecule has 0 bridgehead atoms. The van der Waals surface area contributed by atoms with Crippen molar-refractivity contribution in [3.8, 4) is 5.75 Å². The number of nitrogens with zero attached hydrogens (tertiary/aromatic N) is 3. The summed E-state index contributed by atoms with van der Waals surface area (Å²) in [7, 11) is 3.70. The molecule has 0 amide bonds. The van der Waals surface area contributed by atoms with Gasteiger partial charge in [0.15, 0.2) is 0 Å². The average molecular weight is 287 g/mol. The van der Waals surface area contributed by atoms with Crippen LogP contribution in [0.15, 0.2) is 30.3 Å². The lowest BCUT2D eigenvalue weighted by atomic mass is 10.2. The molecule has 0 spiro atoms. The number of aryl methyl sites for hydroxylation is 1. The summed E-state index contributed by atoms with van der Waals surface area (Å²) in [6, 6.07) is 9.84. The summed E-state index contributed by atoms with van der Waals surface area (Å²) in [4.78, 5) is 10.9. The monoisotopic (exact) mass is 287 g/mol. The third kappa shape index (κ3) is 4.40. The summed E-state index contributed by atoms with van der Waals surface area (Å²) >= 11 is 0. The summed E-state index contributed by atoms with van der Waals surface area (Å²) in [5.74, 6) is 7.65. The number of nitrogen functional groups attached to an aromatic ring is 1. The van der Waals surface area contributed by atoms with E-state index >= 15 is 0 Å². The number of hydrazine groups is 1. The Hall–Kier alpha value is -2.18. The van der Waals surface area contributed by atoms with E-state index in [2.05, 4.69) is 32.4 Å². The fourth-order valence-electron chi connectivity index (χ4n) is 2.11. The molecule has 0 aliphatic heterocycles. The van der Waals surface area contributed by atoms with Crippen LogP contribution < -0.4 is 16.0 Å². The second-order valence-electron chi connectivity index (χ2n) is 4.98. The normalized spacial score (nSPS) is 10.7. The average Bonchev–Trinajstić information content (AvgIpc) is 2.47. The molecule has 1 aromatic heterocycles. The highest BCUT2D eigenvalue weighted by Gasteiger charge is 2.06. The lowest BCUT2D eigenvalue weighted by Crippen LogP contribution is -2.20. The Bertz CT molecular complexity index is 585. The highest BCUT2D eigenvalue weighted by atomic mass is 16.5. The minimum atomic E-state index is 0.635. The minimum absolute atomic E-state index is 0.635. The van der Waals surface area contributed by atoms with E-state index in [-0.39, 0.29) is 0 Å². The number of benzene rings is 1. The Morgan fingerprint density at radius 3 is 2.52 bits per heavy atom. The molecule has 0 fully saturated rings. The molecule has 21 heavy (non-hydrogen) atoms. The van der Waals surface area contributed by atoms with Crippen molar-refractivity contribution in [2.24, 2.45) is 5.84 Å². The van der Waals surface area contributed by atoms with Crippen LogP contribution in [0.1, 0.15) is 17.1 Å². The van der Waals surface area contributed by atoms with Crippen molar-refractivity contribution in [1.29, 1.82) is 0 Å². The molecule has 1 aromatic carbocycles. The van der Waals surface area contributed by atoms with Crippen LogP contribution in [0, 0.1) is 6.92 Å². The van der Waals surface area contributed by atoms with Crippen LogP contribution in [0.5, 0.6) is 5.75 Å². The number of hydrogen-bond acceptors (Lipinski definition) is 6.